The second-order valence-corrected chi connectivity index (χ2v) is 5.07. The molecule has 4 nitrogen and oxygen atoms in total. The number of rotatable bonds is 4. The number of hydrogen-bond donors (Lipinski definition) is 0. The fraction of sp³-hybridized carbons (Fsp3) is 0.692. The maximum atomic E-state index is 12.7. The Bertz CT molecular complexity index is 464. The highest BCUT2D eigenvalue weighted by Gasteiger charge is 2.38. The van der Waals surface area contributed by atoms with Crippen molar-refractivity contribution < 1.29 is 18.0 Å². The second-order valence-electron chi connectivity index (χ2n) is 5.07. The molecule has 1 fully saturated rings. The van der Waals surface area contributed by atoms with Crippen LogP contribution in [0.15, 0.2) is 12.4 Å². The van der Waals surface area contributed by atoms with Gasteiger partial charge < -0.3 is 4.90 Å². The lowest BCUT2D eigenvalue weighted by Gasteiger charge is -2.29. The molecule has 0 bridgehead atoms. The molecular weight excluding hydrogens is 271 g/mol. The maximum absolute atomic E-state index is 12.7. The zero-order valence-electron chi connectivity index (χ0n) is 11.4. The van der Waals surface area contributed by atoms with Crippen molar-refractivity contribution in [2.75, 3.05) is 6.54 Å². The summed E-state index contributed by atoms with van der Waals surface area (Å²) in [6, 6.07) is -0.311. The summed E-state index contributed by atoms with van der Waals surface area (Å²) in [6.45, 7) is 1.25. The van der Waals surface area contributed by atoms with Gasteiger partial charge in [-0.2, -0.15) is 18.3 Å². The molecule has 0 saturated heterocycles. The van der Waals surface area contributed by atoms with Crippen molar-refractivity contribution >= 4 is 5.91 Å². The molecule has 1 aromatic heterocycles. The Labute approximate surface area is 115 Å². The molecule has 0 unspecified atom stereocenters. The standard InChI is InChI=1S/C13H18F3N3O/c1-2-18-8-10(7-17-18)12(20)19(9-13(14,15)16)11-5-3-4-6-11/h7-8,11H,2-6,9H2,1H3. The molecule has 0 atom stereocenters. The number of carbonyl (C=O) groups is 1. The van der Waals surface area contributed by atoms with Gasteiger partial charge in [-0.15, -0.1) is 0 Å². The van der Waals surface area contributed by atoms with Gasteiger partial charge in [0.05, 0.1) is 11.8 Å². The van der Waals surface area contributed by atoms with Crippen molar-refractivity contribution in [1.29, 1.82) is 0 Å². The van der Waals surface area contributed by atoms with Crippen LogP contribution in [0.5, 0.6) is 0 Å². The summed E-state index contributed by atoms with van der Waals surface area (Å²) < 4.78 is 39.6. The van der Waals surface area contributed by atoms with Crippen molar-refractivity contribution in [1.82, 2.24) is 14.7 Å². The molecule has 0 aromatic carbocycles. The Morgan fingerprint density at radius 1 is 1.45 bits per heavy atom. The normalized spacial score (nSPS) is 16.6. The van der Waals surface area contributed by atoms with Gasteiger partial charge in [0, 0.05) is 18.8 Å². The van der Waals surface area contributed by atoms with Crippen LogP contribution >= 0.6 is 0 Å². The number of amides is 1. The van der Waals surface area contributed by atoms with Gasteiger partial charge >= 0.3 is 6.18 Å². The molecule has 1 aliphatic rings. The summed E-state index contributed by atoms with van der Waals surface area (Å²) in [6.07, 6.45) is 1.50. The maximum Gasteiger partial charge on any atom is 0.406 e. The van der Waals surface area contributed by atoms with Crippen molar-refractivity contribution in [3.63, 3.8) is 0 Å². The van der Waals surface area contributed by atoms with Crippen LogP contribution in [0.4, 0.5) is 13.2 Å². The molecule has 0 aliphatic heterocycles. The third kappa shape index (κ3) is 3.52. The van der Waals surface area contributed by atoms with Crippen LogP contribution in [-0.4, -0.2) is 39.4 Å². The van der Waals surface area contributed by atoms with E-state index in [2.05, 4.69) is 5.10 Å². The van der Waals surface area contributed by atoms with Crippen LogP contribution in [0.1, 0.15) is 43.0 Å². The Kier molecular flexibility index (Phi) is 4.35. The number of carbonyl (C=O) groups excluding carboxylic acids is 1. The van der Waals surface area contributed by atoms with Crippen molar-refractivity contribution in [3.8, 4) is 0 Å². The number of alkyl halides is 3. The van der Waals surface area contributed by atoms with Gasteiger partial charge in [0.15, 0.2) is 0 Å². The molecule has 0 spiro atoms. The molecule has 1 amide bonds. The lowest BCUT2D eigenvalue weighted by atomic mass is 10.2. The molecule has 0 radical (unpaired) electrons. The first-order chi connectivity index (χ1) is 9.40. The first-order valence-electron chi connectivity index (χ1n) is 6.81. The van der Waals surface area contributed by atoms with Gasteiger partial charge in [0.1, 0.15) is 6.54 Å². The molecular formula is C13H18F3N3O. The predicted octanol–water partition coefficient (Wildman–Crippen LogP) is 2.85. The smallest absolute Gasteiger partial charge is 0.326 e. The number of hydrogen-bond acceptors (Lipinski definition) is 2. The van der Waals surface area contributed by atoms with Gasteiger partial charge in [-0.05, 0) is 19.8 Å². The van der Waals surface area contributed by atoms with Crippen LogP contribution in [-0.2, 0) is 6.54 Å². The number of nitrogens with zero attached hydrogens (tertiary/aromatic N) is 3. The van der Waals surface area contributed by atoms with Crippen LogP contribution < -0.4 is 0 Å². The zero-order valence-corrected chi connectivity index (χ0v) is 11.4. The minimum absolute atomic E-state index is 0.225. The summed E-state index contributed by atoms with van der Waals surface area (Å²) in [4.78, 5) is 13.3. The Morgan fingerprint density at radius 3 is 2.60 bits per heavy atom. The average Bonchev–Trinajstić information content (AvgIpc) is 3.04. The Morgan fingerprint density at radius 2 is 2.10 bits per heavy atom. The van der Waals surface area contributed by atoms with Crippen LogP contribution in [0.2, 0.25) is 0 Å². The van der Waals surface area contributed by atoms with E-state index in [1.54, 1.807) is 0 Å². The molecule has 1 heterocycles. The van der Waals surface area contributed by atoms with E-state index in [-0.39, 0.29) is 11.6 Å². The third-order valence-electron chi connectivity index (χ3n) is 3.58. The summed E-state index contributed by atoms with van der Waals surface area (Å²) in [5, 5.41) is 3.95. The molecule has 2 rings (SSSR count). The van der Waals surface area contributed by atoms with Crippen molar-refractivity contribution in [2.45, 2.75) is 51.4 Å². The van der Waals surface area contributed by atoms with Gasteiger partial charge in [-0.3, -0.25) is 9.48 Å². The molecule has 7 heteroatoms. The van der Waals surface area contributed by atoms with Crippen molar-refractivity contribution in [3.05, 3.63) is 18.0 Å². The monoisotopic (exact) mass is 289 g/mol. The van der Waals surface area contributed by atoms with Crippen LogP contribution in [0.25, 0.3) is 0 Å². The van der Waals surface area contributed by atoms with E-state index in [0.29, 0.717) is 19.4 Å². The van der Waals surface area contributed by atoms with E-state index < -0.39 is 18.6 Å². The quantitative estimate of drug-likeness (QED) is 0.855. The van der Waals surface area contributed by atoms with Crippen LogP contribution in [0.3, 0.4) is 0 Å². The lowest BCUT2D eigenvalue weighted by Crippen LogP contribution is -2.44. The Hall–Kier alpha value is -1.53. The second kappa shape index (κ2) is 5.85. The lowest BCUT2D eigenvalue weighted by molar-refractivity contribution is -0.144. The minimum atomic E-state index is -4.38. The van der Waals surface area contributed by atoms with E-state index in [9.17, 15) is 18.0 Å². The van der Waals surface area contributed by atoms with Gasteiger partial charge in [0.2, 0.25) is 0 Å². The fourth-order valence-corrected chi connectivity index (χ4v) is 2.59. The summed E-state index contributed by atoms with van der Waals surface area (Å²) in [7, 11) is 0. The van der Waals surface area contributed by atoms with Crippen LogP contribution in [0, 0.1) is 0 Å². The largest absolute Gasteiger partial charge is 0.406 e. The number of halogens is 3. The molecule has 0 N–H and O–H groups in total. The van der Waals surface area contributed by atoms with Gasteiger partial charge in [0.25, 0.3) is 5.91 Å². The highest BCUT2D eigenvalue weighted by atomic mass is 19.4. The molecule has 20 heavy (non-hydrogen) atoms. The SMILES string of the molecule is CCn1cc(C(=O)N(CC(F)(F)F)C2CCCC2)cn1. The number of aryl methyl sites for hydroxylation is 1. The van der Waals surface area contributed by atoms with E-state index in [1.165, 1.54) is 17.1 Å². The van der Waals surface area contributed by atoms with E-state index in [1.807, 2.05) is 6.92 Å². The fourth-order valence-electron chi connectivity index (χ4n) is 2.59. The molecule has 112 valence electrons. The third-order valence-corrected chi connectivity index (χ3v) is 3.58. The zero-order chi connectivity index (χ0) is 14.8. The molecule has 1 saturated carbocycles. The van der Waals surface area contributed by atoms with E-state index >= 15 is 0 Å². The number of aromatic nitrogens is 2. The van der Waals surface area contributed by atoms with Gasteiger partial charge in [-0.1, -0.05) is 12.8 Å². The average molecular weight is 289 g/mol. The highest BCUT2D eigenvalue weighted by Crippen LogP contribution is 2.28. The topological polar surface area (TPSA) is 38.1 Å². The molecule has 1 aliphatic carbocycles. The van der Waals surface area contributed by atoms with Gasteiger partial charge in [-0.25, -0.2) is 0 Å². The summed E-state index contributed by atoms with van der Waals surface area (Å²) >= 11 is 0. The summed E-state index contributed by atoms with van der Waals surface area (Å²) in [5.41, 5.74) is 0.225. The minimum Gasteiger partial charge on any atom is -0.326 e. The first kappa shape index (κ1) is 14.9. The highest BCUT2D eigenvalue weighted by molar-refractivity contribution is 5.94. The predicted molar refractivity (Wildman–Crippen MR) is 67.2 cm³/mol. The molecule has 1 aromatic rings. The Balaban J connectivity index is 2.18. The van der Waals surface area contributed by atoms with E-state index in [0.717, 1.165) is 17.7 Å². The summed E-state index contributed by atoms with van der Waals surface area (Å²) in [5.74, 6) is -0.575. The first-order valence-corrected chi connectivity index (χ1v) is 6.81. The van der Waals surface area contributed by atoms with Crippen molar-refractivity contribution in [2.24, 2.45) is 0 Å². The van der Waals surface area contributed by atoms with E-state index in [4.69, 9.17) is 0 Å².